The van der Waals surface area contributed by atoms with Gasteiger partial charge in [-0.2, -0.15) is 0 Å². The maximum absolute atomic E-state index is 5.96. The van der Waals surface area contributed by atoms with Gasteiger partial charge in [0.2, 0.25) is 0 Å². The summed E-state index contributed by atoms with van der Waals surface area (Å²) in [6.07, 6.45) is 8.91. The molecule has 1 aliphatic heterocycles. The fourth-order valence-electron chi connectivity index (χ4n) is 3.40. The summed E-state index contributed by atoms with van der Waals surface area (Å²) in [6, 6.07) is 4.48. The maximum atomic E-state index is 5.96. The van der Waals surface area contributed by atoms with Crippen LogP contribution in [0.5, 0.6) is 0 Å². The summed E-state index contributed by atoms with van der Waals surface area (Å²) in [7, 11) is 0. The Kier molecular flexibility index (Phi) is 4.08. The van der Waals surface area contributed by atoms with E-state index in [2.05, 4.69) is 56.4 Å². The van der Waals surface area contributed by atoms with Crippen molar-refractivity contribution in [2.45, 2.75) is 45.5 Å². The third kappa shape index (κ3) is 2.72. The van der Waals surface area contributed by atoms with E-state index in [4.69, 9.17) is 4.74 Å². The van der Waals surface area contributed by atoms with Crippen LogP contribution in [0.15, 0.2) is 36.9 Å². The lowest BCUT2D eigenvalue weighted by Crippen LogP contribution is -2.32. The van der Waals surface area contributed by atoms with Crippen LogP contribution in [0.2, 0.25) is 0 Å². The van der Waals surface area contributed by atoms with Crippen molar-refractivity contribution in [2.24, 2.45) is 0 Å². The normalized spacial score (nSPS) is 20.9. The topological polar surface area (TPSA) is 56.4 Å². The molecule has 0 aliphatic carbocycles. The van der Waals surface area contributed by atoms with E-state index in [1.165, 1.54) is 5.56 Å². The Labute approximate surface area is 141 Å². The maximum Gasteiger partial charge on any atom is 0.139 e. The smallest absolute Gasteiger partial charge is 0.139 e. The zero-order chi connectivity index (χ0) is 16.5. The van der Waals surface area contributed by atoms with Gasteiger partial charge in [0.15, 0.2) is 0 Å². The number of rotatable bonds is 5. The molecule has 0 amide bonds. The first-order chi connectivity index (χ1) is 11.8. The number of imidazole rings is 2. The number of ether oxygens (including phenoxy) is 1. The van der Waals surface area contributed by atoms with E-state index in [9.17, 15) is 0 Å². The van der Waals surface area contributed by atoms with E-state index in [0.29, 0.717) is 0 Å². The van der Waals surface area contributed by atoms with E-state index in [-0.39, 0.29) is 12.1 Å². The van der Waals surface area contributed by atoms with Crippen LogP contribution in [-0.4, -0.2) is 31.6 Å². The van der Waals surface area contributed by atoms with Crippen molar-refractivity contribution in [3.63, 3.8) is 0 Å². The zero-order valence-corrected chi connectivity index (χ0v) is 14.1. The van der Waals surface area contributed by atoms with Gasteiger partial charge in [-0.1, -0.05) is 0 Å². The number of hydrogen-bond donors (Lipinski definition) is 1. The SMILES string of the molecule is CCn1ccnc1[C@H]1OCC[C@@H]1NCc1cnc2cc(C)ccn12. The van der Waals surface area contributed by atoms with Crippen molar-refractivity contribution in [2.75, 3.05) is 6.61 Å². The Morgan fingerprint density at radius 1 is 1.33 bits per heavy atom. The van der Waals surface area contributed by atoms with E-state index >= 15 is 0 Å². The second-order valence-electron chi connectivity index (χ2n) is 6.32. The molecule has 0 spiro atoms. The Morgan fingerprint density at radius 2 is 2.25 bits per heavy atom. The van der Waals surface area contributed by atoms with E-state index in [1.54, 1.807) is 0 Å². The van der Waals surface area contributed by atoms with Crippen molar-refractivity contribution < 1.29 is 4.74 Å². The van der Waals surface area contributed by atoms with Crippen LogP contribution in [0.25, 0.3) is 5.65 Å². The van der Waals surface area contributed by atoms with Crippen LogP contribution in [0.4, 0.5) is 0 Å². The largest absolute Gasteiger partial charge is 0.369 e. The third-order valence-electron chi connectivity index (χ3n) is 4.73. The zero-order valence-electron chi connectivity index (χ0n) is 14.1. The molecule has 4 heterocycles. The predicted molar refractivity (Wildman–Crippen MR) is 91.8 cm³/mol. The predicted octanol–water partition coefficient (Wildman–Crippen LogP) is 2.48. The van der Waals surface area contributed by atoms with Crippen molar-refractivity contribution in [3.05, 3.63) is 54.0 Å². The molecule has 3 aromatic rings. The quantitative estimate of drug-likeness (QED) is 0.783. The molecule has 0 aromatic carbocycles. The molecule has 3 aromatic heterocycles. The van der Waals surface area contributed by atoms with Crippen LogP contribution >= 0.6 is 0 Å². The highest BCUT2D eigenvalue weighted by molar-refractivity contribution is 5.42. The average Bonchev–Trinajstić information content (AvgIpc) is 3.31. The molecule has 4 rings (SSSR count). The van der Waals surface area contributed by atoms with Gasteiger partial charge < -0.3 is 19.0 Å². The second kappa shape index (κ2) is 6.37. The lowest BCUT2D eigenvalue weighted by molar-refractivity contribution is 0.0885. The van der Waals surface area contributed by atoms with Gasteiger partial charge >= 0.3 is 0 Å². The molecular formula is C18H23N5O. The highest BCUT2D eigenvalue weighted by Crippen LogP contribution is 2.28. The van der Waals surface area contributed by atoms with E-state index in [1.807, 2.05) is 18.6 Å². The second-order valence-corrected chi connectivity index (χ2v) is 6.32. The molecule has 0 unspecified atom stereocenters. The summed E-state index contributed by atoms with van der Waals surface area (Å²) in [6.45, 7) is 6.66. The summed E-state index contributed by atoms with van der Waals surface area (Å²) in [5.41, 5.74) is 3.38. The van der Waals surface area contributed by atoms with Gasteiger partial charge in [0, 0.05) is 44.3 Å². The van der Waals surface area contributed by atoms with Crippen molar-refractivity contribution in [3.8, 4) is 0 Å². The fraction of sp³-hybridized carbons (Fsp3) is 0.444. The number of nitrogens with one attached hydrogen (secondary N) is 1. The van der Waals surface area contributed by atoms with Crippen LogP contribution in [0, 0.1) is 6.92 Å². The van der Waals surface area contributed by atoms with Crippen molar-refractivity contribution in [1.29, 1.82) is 0 Å². The number of hydrogen-bond acceptors (Lipinski definition) is 4. The minimum Gasteiger partial charge on any atom is -0.369 e. The molecule has 126 valence electrons. The van der Waals surface area contributed by atoms with Crippen LogP contribution < -0.4 is 5.32 Å². The molecule has 1 aliphatic rings. The lowest BCUT2D eigenvalue weighted by Gasteiger charge is -2.20. The van der Waals surface area contributed by atoms with Gasteiger partial charge in [-0.05, 0) is 38.0 Å². The Hall–Kier alpha value is -2.18. The molecule has 0 saturated carbocycles. The fourth-order valence-corrected chi connectivity index (χ4v) is 3.40. The molecule has 6 nitrogen and oxygen atoms in total. The van der Waals surface area contributed by atoms with Gasteiger partial charge in [0.05, 0.1) is 11.9 Å². The highest BCUT2D eigenvalue weighted by Gasteiger charge is 2.32. The molecular weight excluding hydrogens is 302 g/mol. The molecule has 1 N–H and O–H groups in total. The van der Waals surface area contributed by atoms with Gasteiger partial charge in [0.1, 0.15) is 17.6 Å². The number of aromatic nitrogens is 4. The minimum absolute atomic E-state index is 0.0152. The Bertz CT molecular complexity index is 837. The van der Waals surface area contributed by atoms with E-state index < -0.39 is 0 Å². The summed E-state index contributed by atoms with van der Waals surface area (Å²) in [5, 5.41) is 3.64. The minimum atomic E-state index is 0.0152. The number of pyridine rings is 1. The molecule has 24 heavy (non-hydrogen) atoms. The van der Waals surface area contributed by atoms with Crippen LogP contribution in [0.1, 0.15) is 36.5 Å². The summed E-state index contributed by atoms with van der Waals surface area (Å²) in [5.74, 6) is 1.02. The van der Waals surface area contributed by atoms with Crippen LogP contribution in [0.3, 0.4) is 0 Å². The lowest BCUT2D eigenvalue weighted by atomic mass is 10.1. The number of aryl methyl sites for hydroxylation is 2. The third-order valence-corrected chi connectivity index (χ3v) is 4.73. The highest BCUT2D eigenvalue weighted by atomic mass is 16.5. The van der Waals surface area contributed by atoms with Gasteiger partial charge in [0.25, 0.3) is 0 Å². The monoisotopic (exact) mass is 325 g/mol. The molecule has 2 atom stereocenters. The molecule has 1 saturated heterocycles. The van der Waals surface area contributed by atoms with Gasteiger partial charge in [-0.15, -0.1) is 0 Å². The van der Waals surface area contributed by atoms with Crippen molar-refractivity contribution >= 4 is 5.65 Å². The summed E-state index contributed by atoms with van der Waals surface area (Å²) < 4.78 is 10.2. The Balaban J connectivity index is 1.50. The summed E-state index contributed by atoms with van der Waals surface area (Å²) in [4.78, 5) is 9.00. The summed E-state index contributed by atoms with van der Waals surface area (Å²) >= 11 is 0. The molecule has 6 heteroatoms. The number of fused-ring (bicyclic) bond motifs is 1. The van der Waals surface area contributed by atoms with Gasteiger partial charge in [-0.3, -0.25) is 0 Å². The molecule has 1 fully saturated rings. The van der Waals surface area contributed by atoms with Gasteiger partial charge in [-0.25, -0.2) is 9.97 Å². The Morgan fingerprint density at radius 3 is 3.12 bits per heavy atom. The first-order valence-electron chi connectivity index (χ1n) is 8.55. The average molecular weight is 325 g/mol. The van der Waals surface area contributed by atoms with E-state index in [0.717, 1.165) is 43.3 Å². The standard InChI is InChI=1S/C18H23N5O/c1-3-22-8-6-19-18(22)17-15(5-9-24-17)20-11-14-12-21-16-10-13(2)4-7-23(14)16/h4,6-8,10,12,15,17,20H,3,5,9,11H2,1-2H3/t15-,17-/m0/s1. The van der Waals surface area contributed by atoms with Crippen molar-refractivity contribution in [1.82, 2.24) is 24.3 Å². The molecule has 0 radical (unpaired) electrons. The molecule has 0 bridgehead atoms. The first kappa shape index (κ1) is 15.4. The van der Waals surface area contributed by atoms with Crippen LogP contribution in [-0.2, 0) is 17.8 Å². The number of nitrogens with zero attached hydrogens (tertiary/aromatic N) is 4. The first-order valence-corrected chi connectivity index (χ1v) is 8.55.